The number of nitrogens with zero attached hydrogens (tertiary/aromatic N) is 2. The van der Waals surface area contributed by atoms with E-state index in [1.807, 2.05) is 37.4 Å². The number of fused-ring (bicyclic) bond motifs is 1. The van der Waals surface area contributed by atoms with E-state index in [4.69, 9.17) is 4.74 Å². The van der Waals surface area contributed by atoms with Crippen molar-refractivity contribution in [2.75, 3.05) is 19.6 Å². The minimum atomic E-state index is 0.338. The maximum Gasteiger partial charge on any atom is 0.140 e. The molecule has 0 radical (unpaired) electrons. The lowest BCUT2D eigenvalue weighted by Crippen LogP contribution is -2.28. The highest BCUT2D eigenvalue weighted by molar-refractivity contribution is 5.28. The van der Waals surface area contributed by atoms with Gasteiger partial charge in [-0.15, -0.1) is 0 Å². The van der Waals surface area contributed by atoms with Crippen LogP contribution in [0.1, 0.15) is 36.9 Å². The summed E-state index contributed by atoms with van der Waals surface area (Å²) >= 11 is 0. The van der Waals surface area contributed by atoms with Crippen LogP contribution in [0, 0.1) is 18.8 Å². The third kappa shape index (κ3) is 3.70. The lowest BCUT2D eigenvalue weighted by Gasteiger charge is -2.23. The third-order valence-electron chi connectivity index (χ3n) is 6.03. The molecule has 4 atom stereocenters. The summed E-state index contributed by atoms with van der Waals surface area (Å²) in [5.41, 5.74) is 2.28. The number of likely N-dealkylation sites (tertiary alicyclic amines) is 1. The van der Waals surface area contributed by atoms with E-state index in [2.05, 4.69) is 16.8 Å². The summed E-state index contributed by atoms with van der Waals surface area (Å²) in [7, 11) is 0. The predicted octanol–water partition coefficient (Wildman–Crippen LogP) is 3.99. The van der Waals surface area contributed by atoms with Crippen molar-refractivity contribution in [2.24, 2.45) is 11.8 Å². The average Bonchev–Trinajstić information content (AvgIpc) is 3.15. The fourth-order valence-corrected chi connectivity index (χ4v) is 4.66. The Hall–Kier alpha value is -2.07. The number of pyridine rings is 1. The quantitative estimate of drug-likeness (QED) is 0.884. The Labute approximate surface area is 155 Å². The molecule has 4 rings (SSSR count). The van der Waals surface area contributed by atoms with Gasteiger partial charge in [-0.1, -0.05) is 19.1 Å². The third-order valence-corrected chi connectivity index (χ3v) is 6.03. The number of hydrogen-bond acceptors (Lipinski definition) is 4. The highest BCUT2D eigenvalue weighted by Crippen LogP contribution is 2.40. The Kier molecular flexibility index (Phi) is 4.86. The molecule has 138 valence electrons. The van der Waals surface area contributed by atoms with Gasteiger partial charge in [0.1, 0.15) is 11.5 Å². The van der Waals surface area contributed by atoms with Crippen molar-refractivity contribution in [3.8, 4) is 11.5 Å². The largest absolute Gasteiger partial charge is 0.508 e. The van der Waals surface area contributed by atoms with Crippen molar-refractivity contribution < 1.29 is 9.84 Å². The van der Waals surface area contributed by atoms with Gasteiger partial charge in [-0.3, -0.25) is 4.98 Å². The van der Waals surface area contributed by atoms with Gasteiger partial charge in [0.15, 0.2) is 0 Å². The van der Waals surface area contributed by atoms with Gasteiger partial charge < -0.3 is 14.7 Å². The van der Waals surface area contributed by atoms with Crippen molar-refractivity contribution in [3.05, 3.63) is 53.9 Å². The van der Waals surface area contributed by atoms with Gasteiger partial charge in [0.25, 0.3) is 0 Å². The normalized spacial score (nSPS) is 26.6. The molecule has 26 heavy (non-hydrogen) atoms. The van der Waals surface area contributed by atoms with Crippen LogP contribution < -0.4 is 4.74 Å². The van der Waals surface area contributed by atoms with Crippen LogP contribution in [0.5, 0.6) is 11.5 Å². The molecule has 1 saturated carbocycles. The summed E-state index contributed by atoms with van der Waals surface area (Å²) in [6.07, 6.45) is 4.47. The monoisotopic (exact) mass is 352 g/mol. The summed E-state index contributed by atoms with van der Waals surface area (Å²) in [6, 6.07) is 11.6. The summed E-state index contributed by atoms with van der Waals surface area (Å²) < 4.78 is 6.23. The Morgan fingerprint density at radius 3 is 2.50 bits per heavy atom. The first-order valence-electron chi connectivity index (χ1n) is 9.68. The van der Waals surface area contributed by atoms with E-state index >= 15 is 0 Å². The molecule has 1 aromatic carbocycles. The van der Waals surface area contributed by atoms with Crippen molar-refractivity contribution in [2.45, 2.75) is 38.7 Å². The zero-order chi connectivity index (χ0) is 18.1. The molecule has 4 heteroatoms. The van der Waals surface area contributed by atoms with Gasteiger partial charge in [0.05, 0.1) is 11.8 Å². The SMILES string of the molecule is Cc1ncccc1OC1C[C@@H]2CN(CC(C)c3ccc(O)cc3)C[C@@H]2C1. The van der Waals surface area contributed by atoms with Crippen LogP contribution in [0.15, 0.2) is 42.6 Å². The number of aromatic hydroxyl groups is 1. The Morgan fingerprint density at radius 2 is 1.85 bits per heavy atom. The second kappa shape index (κ2) is 7.28. The number of aromatic nitrogens is 1. The van der Waals surface area contributed by atoms with Gasteiger partial charge in [-0.2, -0.15) is 0 Å². The number of hydrogen-bond donors (Lipinski definition) is 1. The molecule has 2 aromatic rings. The van der Waals surface area contributed by atoms with Crippen LogP contribution in [0.3, 0.4) is 0 Å². The van der Waals surface area contributed by atoms with Gasteiger partial charge in [-0.05, 0) is 67.3 Å². The van der Waals surface area contributed by atoms with E-state index < -0.39 is 0 Å². The van der Waals surface area contributed by atoms with E-state index in [9.17, 15) is 5.11 Å². The minimum absolute atomic E-state index is 0.338. The van der Waals surface area contributed by atoms with Crippen LogP contribution in [0.2, 0.25) is 0 Å². The molecular weight excluding hydrogens is 324 g/mol. The second-order valence-electron chi connectivity index (χ2n) is 8.03. The molecular formula is C22H28N2O2. The second-order valence-corrected chi connectivity index (χ2v) is 8.03. The Morgan fingerprint density at radius 1 is 1.15 bits per heavy atom. The molecule has 2 unspecified atom stereocenters. The fraction of sp³-hybridized carbons (Fsp3) is 0.500. The molecule has 1 aliphatic carbocycles. The number of aryl methyl sites for hydroxylation is 1. The smallest absolute Gasteiger partial charge is 0.140 e. The lowest BCUT2D eigenvalue weighted by molar-refractivity contribution is 0.182. The van der Waals surface area contributed by atoms with E-state index in [0.29, 0.717) is 17.8 Å². The molecule has 4 nitrogen and oxygen atoms in total. The zero-order valence-corrected chi connectivity index (χ0v) is 15.6. The topological polar surface area (TPSA) is 45.6 Å². The van der Waals surface area contributed by atoms with Gasteiger partial charge >= 0.3 is 0 Å². The number of rotatable bonds is 5. The van der Waals surface area contributed by atoms with Crippen LogP contribution in [-0.4, -0.2) is 40.7 Å². The maximum absolute atomic E-state index is 9.45. The van der Waals surface area contributed by atoms with Gasteiger partial charge in [-0.25, -0.2) is 0 Å². The van der Waals surface area contributed by atoms with E-state index in [1.54, 1.807) is 12.1 Å². The number of phenolic OH excluding ortho intramolecular Hbond substituents is 1. The van der Waals surface area contributed by atoms with E-state index in [1.165, 1.54) is 18.7 Å². The molecule has 0 amide bonds. The highest BCUT2D eigenvalue weighted by atomic mass is 16.5. The number of ether oxygens (including phenoxy) is 1. The van der Waals surface area contributed by atoms with E-state index in [-0.39, 0.29) is 0 Å². The zero-order valence-electron chi connectivity index (χ0n) is 15.6. The van der Waals surface area contributed by atoms with Crippen LogP contribution in [0.4, 0.5) is 0 Å². The average molecular weight is 352 g/mol. The van der Waals surface area contributed by atoms with Crippen molar-refractivity contribution in [3.63, 3.8) is 0 Å². The molecule has 1 saturated heterocycles. The lowest BCUT2D eigenvalue weighted by atomic mass is 10.0. The van der Waals surface area contributed by atoms with Crippen LogP contribution in [0.25, 0.3) is 0 Å². The van der Waals surface area contributed by atoms with Gasteiger partial charge in [0, 0.05) is 25.8 Å². The van der Waals surface area contributed by atoms with Gasteiger partial charge in [0.2, 0.25) is 0 Å². The molecule has 0 bridgehead atoms. The van der Waals surface area contributed by atoms with Crippen molar-refractivity contribution >= 4 is 0 Å². The van der Waals surface area contributed by atoms with E-state index in [0.717, 1.165) is 42.7 Å². The molecule has 0 spiro atoms. The maximum atomic E-state index is 9.45. The summed E-state index contributed by atoms with van der Waals surface area (Å²) in [5.74, 6) is 3.27. The molecule has 1 aromatic heterocycles. The number of benzene rings is 1. The molecule has 2 heterocycles. The minimum Gasteiger partial charge on any atom is -0.508 e. The first-order valence-corrected chi connectivity index (χ1v) is 9.68. The summed E-state index contributed by atoms with van der Waals surface area (Å²) in [4.78, 5) is 6.93. The number of phenols is 1. The molecule has 2 aliphatic rings. The predicted molar refractivity (Wildman–Crippen MR) is 103 cm³/mol. The van der Waals surface area contributed by atoms with Crippen LogP contribution in [-0.2, 0) is 0 Å². The first kappa shape index (κ1) is 17.3. The molecule has 1 aliphatic heterocycles. The van der Waals surface area contributed by atoms with Crippen molar-refractivity contribution in [1.82, 2.24) is 9.88 Å². The standard InChI is InChI=1S/C22H28N2O2/c1-15(17-5-7-20(25)8-6-17)12-24-13-18-10-21(11-19(18)14-24)26-22-4-3-9-23-16(22)2/h3-9,15,18-19,21,25H,10-14H2,1-2H3/t15?,18-,19+,21?. The molecule has 2 fully saturated rings. The molecule has 1 N–H and O–H groups in total. The van der Waals surface area contributed by atoms with Crippen LogP contribution >= 0.6 is 0 Å². The Balaban J connectivity index is 1.29. The summed E-state index contributed by atoms with van der Waals surface area (Å²) in [6.45, 7) is 7.73. The summed E-state index contributed by atoms with van der Waals surface area (Å²) in [5, 5.41) is 9.45. The first-order chi connectivity index (χ1) is 12.6. The van der Waals surface area contributed by atoms with Crippen molar-refractivity contribution in [1.29, 1.82) is 0 Å². The fourth-order valence-electron chi connectivity index (χ4n) is 4.66. The highest BCUT2D eigenvalue weighted by Gasteiger charge is 2.42. The Bertz CT molecular complexity index is 732.